The van der Waals surface area contributed by atoms with Gasteiger partial charge < -0.3 is 14.4 Å². The summed E-state index contributed by atoms with van der Waals surface area (Å²) in [5.41, 5.74) is 0.628. The second kappa shape index (κ2) is 6.32. The molecule has 0 N–H and O–H groups in total. The lowest BCUT2D eigenvalue weighted by atomic mass is 10.1. The Hall–Kier alpha value is -2.68. The van der Waals surface area contributed by atoms with Gasteiger partial charge in [0.15, 0.2) is 17.3 Å². The second-order valence-electron chi connectivity index (χ2n) is 6.23. The van der Waals surface area contributed by atoms with Gasteiger partial charge in [0.2, 0.25) is 6.79 Å². The Kier molecular flexibility index (Phi) is 4.00. The average Bonchev–Trinajstić information content (AvgIpc) is 3.28. The van der Waals surface area contributed by atoms with E-state index in [0.717, 1.165) is 18.9 Å². The third-order valence-corrected chi connectivity index (χ3v) is 4.80. The molecular formula is C16H20N6O3. The topological polar surface area (TPSA) is 85.6 Å². The third kappa shape index (κ3) is 2.91. The molecule has 3 heterocycles. The van der Waals surface area contributed by atoms with E-state index in [9.17, 15) is 4.79 Å². The molecule has 1 saturated heterocycles. The van der Waals surface area contributed by atoms with E-state index >= 15 is 0 Å². The fraction of sp³-hybridized carbons (Fsp3) is 0.500. The maximum Gasteiger partial charge on any atom is 0.254 e. The van der Waals surface area contributed by atoms with E-state index in [1.54, 1.807) is 22.9 Å². The predicted octanol–water partition coefficient (Wildman–Crippen LogP) is 0.458. The molecule has 1 aromatic heterocycles. The van der Waals surface area contributed by atoms with E-state index in [0.29, 0.717) is 30.2 Å². The lowest BCUT2D eigenvalue weighted by molar-refractivity contribution is 0.0571. The first-order valence-corrected chi connectivity index (χ1v) is 8.28. The zero-order valence-electron chi connectivity index (χ0n) is 14.3. The van der Waals surface area contributed by atoms with Crippen LogP contribution < -0.4 is 9.47 Å². The molecule has 1 atom stereocenters. The molecule has 2 aromatic rings. The van der Waals surface area contributed by atoms with Gasteiger partial charge in [0.1, 0.15) is 0 Å². The Balaban J connectivity index is 1.40. The van der Waals surface area contributed by atoms with Crippen LogP contribution in [0.25, 0.3) is 0 Å². The van der Waals surface area contributed by atoms with E-state index in [1.807, 2.05) is 11.9 Å². The molecule has 0 bridgehead atoms. The van der Waals surface area contributed by atoms with Crippen LogP contribution in [0.3, 0.4) is 0 Å². The minimum atomic E-state index is 0.0194. The van der Waals surface area contributed by atoms with E-state index in [1.165, 1.54) is 0 Å². The Morgan fingerprint density at radius 1 is 1.16 bits per heavy atom. The largest absolute Gasteiger partial charge is 0.454 e. The normalized spacial score (nSPS) is 18.4. The number of hydrogen-bond acceptors (Lipinski definition) is 7. The third-order valence-electron chi connectivity index (χ3n) is 4.80. The van der Waals surface area contributed by atoms with Gasteiger partial charge in [0, 0.05) is 38.8 Å². The maximum atomic E-state index is 12.7. The Morgan fingerprint density at radius 2 is 1.92 bits per heavy atom. The fourth-order valence-corrected chi connectivity index (χ4v) is 3.28. The summed E-state index contributed by atoms with van der Waals surface area (Å²) in [7, 11) is 1.84. The van der Waals surface area contributed by atoms with Crippen molar-refractivity contribution in [3.8, 4) is 11.5 Å². The van der Waals surface area contributed by atoms with Crippen molar-refractivity contribution in [1.82, 2.24) is 30.0 Å². The smallest absolute Gasteiger partial charge is 0.254 e. The number of carbonyl (C=O) groups excluding carboxylic acids is 1. The van der Waals surface area contributed by atoms with Gasteiger partial charge in [-0.1, -0.05) is 0 Å². The summed E-state index contributed by atoms with van der Waals surface area (Å²) in [6.45, 7) is 5.20. The highest BCUT2D eigenvalue weighted by Gasteiger charge is 2.28. The number of benzene rings is 1. The summed E-state index contributed by atoms with van der Waals surface area (Å²) in [5.74, 6) is 2.17. The minimum Gasteiger partial charge on any atom is -0.454 e. The van der Waals surface area contributed by atoms with Crippen LogP contribution >= 0.6 is 0 Å². The molecule has 2 aliphatic rings. The molecule has 1 fully saturated rings. The van der Waals surface area contributed by atoms with Crippen LogP contribution in [-0.2, 0) is 7.05 Å². The van der Waals surface area contributed by atoms with Gasteiger partial charge >= 0.3 is 0 Å². The molecule has 0 radical (unpaired) electrons. The number of nitrogens with zero attached hydrogens (tertiary/aromatic N) is 6. The Labute approximate surface area is 145 Å². The van der Waals surface area contributed by atoms with Crippen LogP contribution in [0.5, 0.6) is 11.5 Å². The Morgan fingerprint density at radius 3 is 2.64 bits per heavy atom. The van der Waals surface area contributed by atoms with Crippen LogP contribution in [-0.4, -0.2) is 68.9 Å². The lowest BCUT2D eigenvalue weighted by Crippen LogP contribution is -2.49. The molecule has 1 aromatic carbocycles. The van der Waals surface area contributed by atoms with E-state index < -0.39 is 0 Å². The second-order valence-corrected chi connectivity index (χ2v) is 6.23. The molecule has 9 heteroatoms. The SMILES string of the molecule is C[C@H](c1nnnn1C)N1CCN(C(=O)c2ccc3c(c2)OCO3)CC1. The zero-order chi connectivity index (χ0) is 17.4. The van der Waals surface area contributed by atoms with Crippen molar-refractivity contribution in [1.29, 1.82) is 0 Å². The van der Waals surface area contributed by atoms with Crippen LogP contribution in [0.2, 0.25) is 0 Å². The number of amides is 1. The highest BCUT2D eigenvalue weighted by molar-refractivity contribution is 5.95. The van der Waals surface area contributed by atoms with E-state index in [2.05, 4.69) is 27.3 Å². The zero-order valence-corrected chi connectivity index (χ0v) is 14.3. The highest BCUT2D eigenvalue weighted by atomic mass is 16.7. The molecule has 25 heavy (non-hydrogen) atoms. The van der Waals surface area contributed by atoms with Crippen LogP contribution in [0.1, 0.15) is 29.1 Å². The van der Waals surface area contributed by atoms with Gasteiger partial charge in [-0.3, -0.25) is 9.69 Å². The van der Waals surface area contributed by atoms with Crippen molar-refractivity contribution in [2.75, 3.05) is 33.0 Å². The number of rotatable bonds is 3. The van der Waals surface area contributed by atoms with Gasteiger partial charge in [-0.15, -0.1) is 5.10 Å². The van der Waals surface area contributed by atoms with Crippen molar-refractivity contribution in [3.63, 3.8) is 0 Å². The summed E-state index contributed by atoms with van der Waals surface area (Å²) < 4.78 is 12.3. The molecule has 0 unspecified atom stereocenters. The Bertz CT molecular complexity index is 784. The molecule has 2 aliphatic heterocycles. The van der Waals surface area contributed by atoms with Crippen LogP contribution in [0.15, 0.2) is 18.2 Å². The van der Waals surface area contributed by atoms with Crippen LogP contribution in [0.4, 0.5) is 0 Å². The predicted molar refractivity (Wildman–Crippen MR) is 87.3 cm³/mol. The first-order chi connectivity index (χ1) is 12.1. The van der Waals surface area contributed by atoms with Crippen molar-refractivity contribution in [2.45, 2.75) is 13.0 Å². The monoisotopic (exact) mass is 344 g/mol. The summed E-state index contributed by atoms with van der Waals surface area (Å²) >= 11 is 0. The van der Waals surface area contributed by atoms with Gasteiger partial charge in [0.05, 0.1) is 6.04 Å². The van der Waals surface area contributed by atoms with E-state index in [-0.39, 0.29) is 18.7 Å². The summed E-state index contributed by atoms with van der Waals surface area (Å²) in [6.07, 6.45) is 0. The maximum absolute atomic E-state index is 12.7. The van der Waals surface area contributed by atoms with Crippen molar-refractivity contribution < 1.29 is 14.3 Å². The molecule has 0 saturated carbocycles. The summed E-state index contributed by atoms with van der Waals surface area (Å²) in [4.78, 5) is 16.9. The molecular weight excluding hydrogens is 324 g/mol. The number of tetrazole rings is 1. The fourth-order valence-electron chi connectivity index (χ4n) is 3.28. The quantitative estimate of drug-likeness (QED) is 0.799. The molecule has 9 nitrogen and oxygen atoms in total. The molecule has 1 amide bonds. The molecule has 0 spiro atoms. The van der Waals surface area contributed by atoms with Crippen molar-refractivity contribution in [3.05, 3.63) is 29.6 Å². The number of aromatic nitrogens is 4. The molecule has 132 valence electrons. The summed E-state index contributed by atoms with van der Waals surface area (Å²) in [5, 5.41) is 11.7. The number of aryl methyl sites for hydroxylation is 1. The number of ether oxygens (including phenoxy) is 2. The van der Waals surface area contributed by atoms with Gasteiger partial charge in [-0.05, 0) is 35.5 Å². The molecule has 4 rings (SSSR count). The van der Waals surface area contributed by atoms with Gasteiger partial charge in [-0.25, -0.2) is 4.68 Å². The summed E-state index contributed by atoms with van der Waals surface area (Å²) in [6, 6.07) is 5.44. The van der Waals surface area contributed by atoms with Crippen molar-refractivity contribution >= 4 is 5.91 Å². The number of piperazine rings is 1. The van der Waals surface area contributed by atoms with Crippen molar-refractivity contribution in [2.24, 2.45) is 7.05 Å². The van der Waals surface area contributed by atoms with Crippen LogP contribution in [0, 0.1) is 0 Å². The number of hydrogen-bond donors (Lipinski definition) is 0. The van der Waals surface area contributed by atoms with Gasteiger partial charge in [-0.2, -0.15) is 0 Å². The first-order valence-electron chi connectivity index (χ1n) is 8.28. The standard InChI is InChI=1S/C16H20N6O3/c1-11(15-17-18-19-20(15)2)21-5-7-22(8-6-21)16(23)12-3-4-13-14(9-12)25-10-24-13/h3-4,9,11H,5-8,10H2,1-2H3/t11-/m1/s1. The minimum absolute atomic E-state index is 0.0194. The number of carbonyl (C=O) groups is 1. The first kappa shape index (κ1) is 15.8. The van der Waals surface area contributed by atoms with E-state index in [4.69, 9.17) is 9.47 Å². The highest BCUT2D eigenvalue weighted by Crippen LogP contribution is 2.33. The lowest BCUT2D eigenvalue weighted by Gasteiger charge is -2.37. The average molecular weight is 344 g/mol. The number of fused-ring (bicyclic) bond motifs is 1. The van der Waals surface area contributed by atoms with Gasteiger partial charge in [0.25, 0.3) is 5.91 Å². The molecule has 0 aliphatic carbocycles.